The lowest BCUT2D eigenvalue weighted by Crippen LogP contribution is -2.34. The predicted octanol–water partition coefficient (Wildman–Crippen LogP) is 1.29. The Balaban J connectivity index is 1.71. The molecule has 1 aliphatic heterocycles. The fourth-order valence-corrected chi connectivity index (χ4v) is 2.56. The number of ether oxygens (including phenoxy) is 1. The lowest BCUT2D eigenvalue weighted by Gasteiger charge is -2.10. The van der Waals surface area contributed by atoms with Crippen LogP contribution in [0.25, 0.3) is 11.4 Å². The van der Waals surface area contributed by atoms with Gasteiger partial charge < -0.3 is 10.1 Å². The minimum absolute atomic E-state index is 0.00915. The zero-order chi connectivity index (χ0) is 17.8. The van der Waals surface area contributed by atoms with Crippen molar-refractivity contribution in [2.75, 3.05) is 13.2 Å². The number of nitrogens with zero attached hydrogens (tertiary/aromatic N) is 4. The molecule has 10 heteroatoms. The predicted molar refractivity (Wildman–Crippen MR) is 84.1 cm³/mol. The molecule has 2 aromatic rings. The van der Waals surface area contributed by atoms with Crippen molar-refractivity contribution in [2.45, 2.75) is 25.5 Å². The van der Waals surface area contributed by atoms with Crippen LogP contribution < -0.4 is 5.32 Å². The Hall–Kier alpha value is -2.88. The summed E-state index contributed by atoms with van der Waals surface area (Å²) in [5, 5.41) is 18.0. The van der Waals surface area contributed by atoms with Gasteiger partial charge in [-0.05, 0) is 25.0 Å². The molecule has 0 spiro atoms. The van der Waals surface area contributed by atoms with E-state index in [1.165, 1.54) is 10.7 Å². The summed E-state index contributed by atoms with van der Waals surface area (Å²) < 4.78 is 19.5. The van der Waals surface area contributed by atoms with Crippen LogP contribution >= 0.6 is 0 Å². The van der Waals surface area contributed by atoms with Crippen LogP contribution in [0.1, 0.15) is 12.8 Å². The van der Waals surface area contributed by atoms with Crippen LogP contribution in [0.4, 0.5) is 10.1 Å². The molecule has 3 heterocycles. The summed E-state index contributed by atoms with van der Waals surface area (Å²) in [5.41, 5.74) is -0.158. The van der Waals surface area contributed by atoms with Crippen LogP contribution in [-0.2, 0) is 16.1 Å². The van der Waals surface area contributed by atoms with Crippen molar-refractivity contribution in [1.29, 1.82) is 0 Å². The van der Waals surface area contributed by atoms with Gasteiger partial charge in [0.05, 0.1) is 22.9 Å². The monoisotopic (exact) mass is 349 g/mol. The SMILES string of the molecule is O=C(Cn1cc([N+](=O)[O-])c(-c2ccc(F)cn2)n1)NC[C@@H]1CCCO1. The third kappa shape index (κ3) is 4.15. The summed E-state index contributed by atoms with van der Waals surface area (Å²) in [5.74, 6) is -0.883. The highest BCUT2D eigenvalue weighted by Gasteiger charge is 2.23. The molecule has 1 amide bonds. The molecule has 1 N–H and O–H groups in total. The third-order valence-corrected chi connectivity index (χ3v) is 3.77. The van der Waals surface area contributed by atoms with Gasteiger partial charge in [0.1, 0.15) is 18.6 Å². The summed E-state index contributed by atoms with van der Waals surface area (Å²) in [7, 11) is 0. The van der Waals surface area contributed by atoms with E-state index >= 15 is 0 Å². The van der Waals surface area contributed by atoms with E-state index in [1.54, 1.807) is 0 Å². The van der Waals surface area contributed by atoms with Gasteiger partial charge in [0.15, 0.2) is 5.69 Å². The van der Waals surface area contributed by atoms with Crippen LogP contribution in [0.2, 0.25) is 0 Å². The lowest BCUT2D eigenvalue weighted by atomic mass is 10.2. The maximum Gasteiger partial charge on any atom is 0.316 e. The van der Waals surface area contributed by atoms with Crippen molar-refractivity contribution in [2.24, 2.45) is 0 Å². The van der Waals surface area contributed by atoms with Crippen molar-refractivity contribution >= 4 is 11.6 Å². The van der Waals surface area contributed by atoms with Gasteiger partial charge >= 0.3 is 5.69 Å². The molecule has 2 aromatic heterocycles. The molecule has 0 aliphatic carbocycles. The molecule has 0 unspecified atom stereocenters. The quantitative estimate of drug-likeness (QED) is 0.621. The van der Waals surface area contributed by atoms with Gasteiger partial charge in [-0.25, -0.2) is 4.39 Å². The largest absolute Gasteiger partial charge is 0.376 e. The number of carbonyl (C=O) groups is 1. The first-order valence-corrected chi connectivity index (χ1v) is 7.75. The van der Waals surface area contributed by atoms with Crippen molar-refractivity contribution < 1.29 is 18.8 Å². The minimum atomic E-state index is -0.617. The standard InChI is InChI=1S/C15H16FN5O4/c16-10-3-4-12(17-6-10)15-13(21(23)24)8-20(19-15)9-14(22)18-7-11-2-1-5-25-11/h3-4,6,8,11H,1-2,5,7,9H2,(H,18,22)/t11-/m0/s1. The zero-order valence-electron chi connectivity index (χ0n) is 13.2. The lowest BCUT2D eigenvalue weighted by molar-refractivity contribution is -0.384. The van der Waals surface area contributed by atoms with Crippen LogP contribution in [0.15, 0.2) is 24.5 Å². The van der Waals surface area contributed by atoms with E-state index in [4.69, 9.17) is 4.74 Å². The Bertz CT molecular complexity index is 771. The second kappa shape index (κ2) is 7.34. The summed E-state index contributed by atoms with van der Waals surface area (Å²) in [6.07, 6.45) is 3.99. The number of amides is 1. The highest BCUT2D eigenvalue weighted by atomic mass is 19.1. The summed E-state index contributed by atoms with van der Waals surface area (Å²) in [4.78, 5) is 26.4. The Morgan fingerprint density at radius 1 is 1.52 bits per heavy atom. The fraction of sp³-hybridized carbons (Fsp3) is 0.400. The molecule has 1 saturated heterocycles. The first-order valence-electron chi connectivity index (χ1n) is 7.75. The molecule has 1 fully saturated rings. The number of hydrogen-bond donors (Lipinski definition) is 1. The number of hydrogen-bond acceptors (Lipinski definition) is 6. The van der Waals surface area contributed by atoms with Crippen LogP contribution in [0.3, 0.4) is 0 Å². The molecule has 132 valence electrons. The summed E-state index contributed by atoms with van der Waals surface area (Å²) >= 11 is 0. The van der Waals surface area contributed by atoms with Crippen molar-refractivity contribution in [1.82, 2.24) is 20.1 Å². The highest BCUT2D eigenvalue weighted by molar-refractivity contribution is 5.76. The highest BCUT2D eigenvalue weighted by Crippen LogP contribution is 2.26. The maximum atomic E-state index is 13.0. The average Bonchev–Trinajstić information content (AvgIpc) is 3.23. The number of pyridine rings is 1. The van der Waals surface area contributed by atoms with Gasteiger partial charge in [-0.15, -0.1) is 0 Å². The average molecular weight is 349 g/mol. The topological polar surface area (TPSA) is 112 Å². The Kier molecular flexibility index (Phi) is 4.98. The second-order valence-electron chi connectivity index (χ2n) is 5.62. The number of rotatable bonds is 6. The number of halogens is 1. The molecular weight excluding hydrogens is 333 g/mol. The second-order valence-corrected chi connectivity index (χ2v) is 5.62. The van der Waals surface area contributed by atoms with Gasteiger partial charge in [0.25, 0.3) is 0 Å². The van der Waals surface area contributed by atoms with Gasteiger partial charge in [0.2, 0.25) is 5.91 Å². The van der Waals surface area contributed by atoms with E-state index in [2.05, 4.69) is 15.4 Å². The molecule has 3 rings (SSSR count). The molecule has 1 atom stereocenters. The number of aromatic nitrogens is 3. The summed E-state index contributed by atoms with van der Waals surface area (Å²) in [6, 6.07) is 2.44. The first-order chi connectivity index (χ1) is 12.0. The van der Waals surface area contributed by atoms with E-state index in [-0.39, 0.29) is 35.6 Å². The Morgan fingerprint density at radius 2 is 2.36 bits per heavy atom. The fourth-order valence-electron chi connectivity index (χ4n) is 2.56. The van der Waals surface area contributed by atoms with E-state index in [9.17, 15) is 19.3 Å². The van der Waals surface area contributed by atoms with E-state index in [0.717, 1.165) is 31.3 Å². The number of nitro groups is 1. The first kappa shape index (κ1) is 17.0. The molecule has 1 aliphatic rings. The zero-order valence-corrected chi connectivity index (χ0v) is 13.2. The van der Waals surface area contributed by atoms with Crippen LogP contribution in [0.5, 0.6) is 0 Å². The van der Waals surface area contributed by atoms with E-state index < -0.39 is 10.7 Å². The van der Waals surface area contributed by atoms with Crippen molar-refractivity contribution in [3.8, 4) is 11.4 Å². The molecule has 0 aromatic carbocycles. The molecule has 0 bridgehead atoms. The van der Waals surface area contributed by atoms with E-state index in [0.29, 0.717) is 13.2 Å². The normalized spacial score (nSPS) is 16.8. The number of nitrogens with one attached hydrogen (secondary N) is 1. The van der Waals surface area contributed by atoms with Gasteiger partial charge in [-0.2, -0.15) is 5.10 Å². The minimum Gasteiger partial charge on any atom is -0.376 e. The molecule has 0 saturated carbocycles. The Morgan fingerprint density at radius 3 is 3.00 bits per heavy atom. The van der Waals surface area contributed by atoms with Gasteiger partial charge in [0, 0.05) is 13.2 Å². The van der Waals surface area contributed by atoms with Crippen LogP contribution in [0, 0.1) is 15.9 Å². The maximum absolute atomic E-state index is 13.0. The smallest absolute Gasteiger partial charge is 0.316 e. The molecular formula is C15H16FN5O4. The van der Waals surface area contributed by atoms with Gasteiger partial charge in [-0.1, -0.05) is 0 Å². The molecule has 9 nitrogen and oxygen atoms in total. The van der Waals surface area contributed by atoms with E-state index in [1.807, 2.05) is 0 Å². The molecule has 25 heavy (non-hydrogen) atoms. The summed E-state index contributed by atoms with van der Waals surface area (Å²) in [6.45, 7) is 0.920. The van der Waals surface area contributed by atoms with Gasteiger partial charge in [-0.3, -0.25) is 24.6 Å². The van der Waals surface area contributed by atoms with Crippen molar-refractivity contribution in [3.05, 3.63) is 40.5 Å². The van der Waals surface area contributed by atoms with Crippen molar-refractivity contribution in [3.63, 3.8) is 0 Å². The Labute approximate surface area is 142 Å². The molecule has 0 radical (unpaired) electrons. The van der Waals surface area contributed by atoms with Crippen LogP contribution in [-0.4, -0.2) is 44.9 Å². The third-order valence-electron chi connectivity index (χ3n) is 3.77. The number of carbonyl (C=O) groups excluding carboxylic acids is 1.